The molecule has 0 radical (unpaired) electrons. The summed E-state index contributed by atoms with van der Waals surface area (Å²) in [6, 6.07) is 11.3. The molecule has 0 atom stereocenters. The number of anilines is 1. The first kappa shape index (κ1) is 22.3. The van der Waals surface area contributed by atoms with Gasteiger partial charge in [0.15, 0.2) is 5.82 Å². The lowest BCUT2D eigenvalue weighted by Crippen LogP contribution is -2.20. The third-order valence-electron chi connectivity index (χ3n) is 5.06. The Bertz CT molecular complexity index is 1220. The van der Waals surface area contributed by atoms with E-state index in [9.17, 15) is 18.0 Å². The number of carbonyl (C=O) groups is 1. The van der Waals surface area contributed by atoms with Crippen molar-refractivity contribution in [3.05, 3.63) is 71.4 Å². The number of alkyl halides is 3. The van der Waals surface area contributed by atoms with Gasteiger partial charge in [0.2, 0.25) is 0 Å². The highest BCUT2D eigenvalue weighted by atomic mass is 19.4. The fraction of sp³-hybridized carbons (Fsp3) is 0.174. The predicted molar refractivity (Wildman–Crippen MR) is 117 cm³/mol. The molecule has 2 aromatic carbocycles. The Balaban J connectivity index is 1.64. The van der Waals surface area contributed by atoms with Crippen molar-refractivity contribution >= 4 is 17.3 Å². The van der Waals surface area contributed by atoms with Gasteiger partial charge < -0.3 is 21.5 Å². The summed E-state index contributed by atoms with van der Waals surface area (Å²) in [5.41, 5.74) is 12.0. The van der Waals surface area contributed by atoms with E-state index in [1.807, 2.05) is 6.08 Å². The molecule has 1 amide bonds. The minimum Gasteiger partial charge on any atom is -0.457 e. The minimum absolute atomic E-state index is 0.0116. The Morgan fingerprint density at radius 1 is 1.06 bits per heavy atom. The van der Waals surface area contributed by atoms with Crippen molar-refractivity contribution in [3.63, 3.8) is 0 Å². The highest BCUT2D eigenvalue weighted by Crippen LogP contribution is 2.38. The Hall–Kier alpha value is -3.92. The van der Waals surface area contributed by atoms with Crippen LogP contribution in [0.2, 0.25) is 0 Å². The molecule has 4 rings (SSSR count). The lowest BCUT2D eigenvalue weighted by molar-refractivity contribution is -0.137. The second kappa shape index (κ2) is 8.91. The number of hydrogen-bond donors (Lipinski definition) is 3. The molecular weight excluding hydrogens is 435 g/mol. The number of carbonyl (C=O) groups excluding carboxylic acids is 1. The number of nitrogens with two attached hydrogens (primary N) is 2. The summed E-state index contributed by atoms with van der Waals surface area (Å²) in [5, 5.41) is 3.15. The van der Waals surface area contributed by atoms with Gasteiger partial charge in [0, 0.05) is 23.7 Å². The van der Waals surface area contributed by atoms with Crippen LogP contribution in [0.25, 0.3) is 17.0 Å². The van der Waals surface area contributed by atoms with Gasteiger partial charge in [0.25, 0.3) is 5.91 Å². The maximum Gasteiger partial charge on any atom is 0.416 e. The van der Waals surface area contributed by atoms with Crippen LogP contribution in [-0.4, -0.2) is 29.0 Å². The van der Waals surface area contributed by atoms with Crippen LogP contribution in [-0.2, 0) is 6.18 Å². The average molecular weight is 455 g/mol. The van der Waals surface area contributed by atoms with Crippen LogP contribution < -0.4 is 21.5 Å². The molecule has 7 nitrogen and oxygen atoms in total. The van der Waals surface area contributed by atoms with Gasteiger partial charge in [0.05, 0.1) is 5.56 Å². The summed E-state index contributed by atoms with van der Waals surface area (Å²) in [7, 11) is 0. The Morgan fingerprint density at radius 2 is 1.82 bits per heavy atom. The number of benzene rings is 2. The van der Waals surface area contributed by atoms with Gasteiger partial charge in [-0.1, -0.05) is 6.08 Å². The summed E-state index contributed by atoms with van der Waals surface area (Å²) in [5.74, 6) is 0.310. The fourth-order valence-electron chi connectivity index (χ4n) is 3.43. The number of amides is 1. The molecule has 0 saturated heterocycles. The average Bonchev–Trinajstić information content (AvgIpc) is 2.79. The normalized spacial score (nSPS) is 14.0. The second-order valence-corrected chi connectivity index (χ2v) is 7.38. The highest BCUT2D eigenvalue weighted by molar-refractivity contribution is 5.91. The smallest absolute Gasteiger partial charge is 0.416 e. The van der Waals surface area contributed by atoms with E-state index in [0.717, 1.165) is 17.7 Å². The SMILES string of the molecule is NC(=O)c1cc(N)nc(-c2ccc(Oc3ccc(C(F)(F)F)cc3C3=CCNCC3)cc2)n1. The second-order valence-electron chi connectivity index (χ2n) is 7.38. The van der Waals surface area contributed by atoms with Gasteiger partial charge in [-0.15, -0.1) is 0 Å². The van der Waals surface area contributed by atoms with E-state index in [2.05, 4.69) is 15.3 Å². The van der Waals surface area contributed by atoms with Gasteiger partial charge in [-0.05, 0) is 61.0 Å². The predicted octanol–water partition coefficient (Wildman–Crippen LogP) is 4.01. The number of aromatic nitrogens is 2. The van der Waals surface area contributed by atoms with Crippen LogP contribution in [0.1, 0.15) is 28.0 Å². The zero-order chi connectivity index (χ0) is 23.6. The third-order valence-corrected chi connectivity index (χ3v) is 5.06. The molecule has 3 aromatic rings. The molecule has 1 aliphatic rings. The van der Waals surface area contributed by atoms with Crippen LogP contribution in [0.15, 0.2) is 54.6 Å². The third kappa shape index (κ3) is 5.12. The van der Waals surface area contributed by atoms with Crippen LogP contribution in [0, 0.1) is 0 Å². The summed E-state index contributed by atoms with van der Waals surface area (Å²) in [6.07, 6.45) is -2.00. The number of hydrogen-bond acceptors (Lipinski definition) is 6. The quantitative estimate of drug-likeness (QED) is 0.535. The molecule has 0 aliphatic carbocycles. The molecule has 0 unspecified atom stereocenters. The molecule has 1 aliphatic heterocycles. The molecule has 1 aromatic heterocycles. The number of rotatable bonds is 5. The van der Waals surface area contributed by atoms with E-state index >= 15 is 0 Å². The van der Waals surface area contributed by atoms with E-state index in [4.69, 9.17) is 16.2 Å². The van der Waals surface area contributed by atoms with Crippen LogP contribution in [0.5, 0.6) is 11.5 Å². The molecule has 2 heterocycles. The van der Waals surface area contributed by atoms with Gasteiger partial charge in [0.1, 0.15) is 23.0 Å². The van der Waals surface area contributed by atoms with Crippen molar-refractivity contribution in [2.75, 3.05) is 18.8 Å². The molecule has 33 heavy (non-hydrogen) atoms. The summed E-state index contributed by atoms with van der Waals surface area (Å²) in [4.78, 5) is 19.6. The first-order chi connectivity index (χ1) is 15.7. The molecule has 0 saturated carbocycles. The van der Waals surface area contributed by atoms with E-state index in [0.29, 0.717) is 42.1 Å². The molecule has 5 N–H and O–H groups in total. The Labute approximate surface area is 187 Å². The summed E-state index contributed by atoms with van der Waals surface area (Å²) in [6.45, 7) is 1.25. The van der Waals surface area contributed by atoms with Crippen molar-refractivity contribution in [1.29, 1.82) is 0 Å². The van der Waals surface area contributed by atoms with Crippen molar-refractivity contribution < 1.29 is 22.7 Å². The van der Waals surface area contributed by atoms with E-state index in [1.165, 1.54) is 12.1 Å². The Kier molecular flexibility index (Phi) is 6.01. The van der Waals surface area contributed by atoms with Gasteiger partial charge >= 0.3 is 6.18 Å². The zero-order valence-corrected chi connectivity index (χ0v) is 17.3. The van der Waals surface area contributed by atoms with Gasteiger partial charge in [-0.25, -0.2) is 9.97 Å². The standard InChI is InChI=1S/C23H20F3N5O2/c24-23(25,26)15-3-6-19(17(11-15)13-7-9-29-10-8-13)33-16-4-1-14(2-5-16)22-30-18(21(28)32)12-20(27)31-22/h1-7,11-12,29H,8-10H2,(H2,28,32)(H2,27,30,31). The van der Waals surface area contributed by atoms with Crippen molar-refractivity contribution in [2.45, 2.75) is 12.6 Å². The number of nitrogens with zero attached hydrogens (tertiary/aromatic N) is 2. The zero-order valence-electron chi connectivity index (χ0n) is 17.3. The van der Waals surface area contributed by atoms with Crippen molar-refractivity contribution in [1.82, 2.24) is 15.3 Å². The maximum atomic E-state index is 13.3. The summed E-state index contributed by atoms with van der Waals surface area (Å²) < 4.78 is 45.8. The molecule has 0 fully saturated rings. The van der Waals surface area contributed by atoms with Gasteiger partial charge in [-0.2, -0.15) is 13.2 Å². The number of ether oxygens (including phenoxy) is 1. The highest BCUT2D eigenvalue weighted by Gasteiger charge is 2.31. The first-order valence-electron chi connectivity index (χ1n) is 10.0. The van der Waals surface area contributed by atoms with Crippen LogP contribution in [0.4, 0.5) is 19.0 Å². The van der Waals surface area contributed by atoms with Crippen molar-refractivity contribution in [2.24, 2.45) is 5.73 Å². The molecular formula is C23H20F3N5O2. The number of nitrogens with one attached hydrogen (secondary N) is 1. The molecule has 0 bridgehead atoms. The molecule has 170 valence electrons. The van der Waals surface area contributed by atoms with E-state index in [1.54, 1.807) is 24.3 Å². The van der Waals surface area contributed by atoms with Gasteiger partial charge in [-0.3, -0.25) is 4.79 Å². The molecule has 10 heteroatoms. The minimum atomic E-state index is -4.45. The largest absolute Gasteiger partial charge is 0.457 e. The summed E-state index contributed by atoms with van der Waals surface area (Å²) >= 11 is 0. The monoisotopic (exact) mass is 455 g/mol. The first-order valence-corrected chi connectivity index (χ1v) is 10.0. The maximum absolute atomic E-state index is 13.3. The van der Waals surface area contributed by atoms with E-state index < -0.39 is 17.6 Å². The number of halogens is 3. The number of nitrogen functional groups attached to an aromatic ring is 1. The number of primary amides is 1. The Morgan fingerprint density at radius 3 is 2.45 bits per heavy atom. The lowest BCUT2D eigenvalue weighted by atomic mass is 9.97. The fourth-order valence-corrected chi connectivity index (χ4v) is 3.43. The van der Waals surface area contributed by atoms with E-state index in [-0.39, 0.29) is 17.3 Å². The molecule has 0 spiro atoms. The van der Waals surface area contributed by atoms with Crippen LogP contribution >= 0.6 is 0 Å². The lowest BCUT2D eigenvalue weighted by Gasteiger charge is -2.19. The van der Waals surface area contributed by atoms with Crippen molar-refractivity contribution in [3.8, 4) is 22.9 Å². The van der Waals surface area contributed by atoms with Crippen LogP contribution in [0.3, 0.4) is 0 Å². The topological polar surface area (TPSA) is 116 Å².